The highest BCUT2D eigenvalue weighted by Crippen LogP contribution is 2.37. The van der Waals surface area contributed by atoms with Crippen molar-refractivity contribution in [1.29, 1.82) is 0 Å². The molecule has 0 radical (unpaired) electrons. The van der Waals surface area contributed by atoms with Gasteiger partial charge in [0.15, 0.2) is 0 Å². The van der Waals surface area contributed by atoms with Crippen molar-refractivity contribution < 1.29 is 0 Å². The first-order chi connectivity index (χ1) is 7.86. The van der Waals surface area contributed by atoms with Crippen molar-refractivity contribution in [3.05, 3.63) is 0 Å². The average Bonchev–Trinajstić information content (AvgIpc) is 3.11. The zero-order valence-electron chi connectivity index (χ0n) is 10.5. The highest BCUT2D eigenvalue weighted by atomic mass is 15.1. The number of likely N-dealkylation sites (tertiary alicyclic amines) is 1. The van der Waals surface area contributed by atoms with E-state index in [0.717, 1.165) is 5.92 Å². The van der Waals surface area contributed by atoms with Gasteiger partial charge in [-0.3, -0.25) is 0 Å². The van der Waals surface area contributed by atoms with Crippen LogP contribution in [0.15, 0.2) is 0 Å². The molecule has 2 aliphatic heterocycles. The predicted molar refractivity (Wildman–Crippen MR) is 67.6 cm³/mol. The summed E-state index contributed by atoms with van der Waals surface area (Å²) in [5.74, 6) is 1.10. The summed E-state index contributed by atoms with van der Waals surface area (Å²) >= 11 is 0. The van der Waals surface area contributed by atoms with Crippen LogP contribution in [0.3, 0.4) is 0 Å². The summed E-state index contributed by atoms with van der Waals surface area (Å²) in [7, 11) is 0. The van der Waals surface area contributed by atoms with E-state index in [1.54, 1.807) is 0 Å². The van der Waals surface area contributed by atoms with Crippen LogP contribution in [0.5, 0.6) is 0 Å². The Labute approximate surface area is 99.8 Å². The maximum atomic E-state index is 3.62. The van der Waals surface area contributed by atoms with Crippen LogP contribution >= 0.6 is 0 Å². The summed E-state index contributed by atoms with van der Waals surface area (Å²) in [6.45, 7) is 6.67. The lowest BCUT2D eigenvalue weighted by molar-refractivity contribution is 0.0631. The van der Waals surface area contributed by atoms with E-state index < -0.39 is 0 Å². The Morgan fingerprint density at radius 1 is 1.19 bits per heavy atom. The summed E-state index contributed by atoms with van der Waals surface area (Å²) in [5, 5.41) is 3.62. The van der Waals surface area contributed by atoms with Crippen molar-refractivity contribution in [2.75, 3.05) is 32.7 Å². The molecule has 1 spiro atoms. The molecule has 0 bridgehead atoms. The number of hydrogen-bond acceptors (Lipinski definition) is 2. The summed E-state index contributed by atoms with van der Waals surface area (Å²) < 4.78 is 0. The van der Waals surface area contributed by atoms with Gasteiger partial charge in [-0.25, -0.2) is 0 Å². The molecule has 2 nitrogen and oxygen atoms in total. The minimum absolute atomic E-state index is 0.653. The SMILES string of the molecule is C1CNCC2(C1)CCCN(CCC1CC1)C2. The van der Waals surface area contributed by atoms with Crippen LogP contribution in [0.25, 0.3) is 0 Å². The fourth-order valence-corrected chi connectivity index (χ4v) is 3.65. The first-order valence-corrected chi connectivity index (χ1v) is 7.29. The predicted octanol–water partition coefficient (Wildman–Crippen LogP) is 2.25. The van der Waals surface area contributed by atoms with E-state index in [9.17, 15) is 0 Å². The molecule has 3 aliphatic rings. The Bertz CT molecular complexity index is 223. The van der Waals surface area contributed by atoms with Crippen molar-refractivity contribution in [3.63, 3.8) is 0 Å². The van der Waals surface area contributed by atoms with Crippen LogP contribution in [0.1, 0.15) is 44.9 Å². The normalized spacial score (nSPS) is 36.8. The number of hydrogen-bond donors (Lipinski definition) is 1. The summed E-state index contributed by atoms with van der Waals surface area (Å²) in [6, 6.07) is 0. The first kappa shape index (κ1) is 11.0. The van der Waals surface area contributed by atoms with Gasteiger partial charge in [0, 0.05) is 13.1 Å². The zero-order chi connectivity index (χ0) is 10.8. The lowest BCUT2D eigenvalue weighted by Gasteiger charge is -2.45. The van der Waals surface area contributed by atoms with Crippen molar-refractivity contribution >= 4 is 0 Å². The van der Waals surface area contributed by atoms with Gasteiger partial charge in [0.2, 0.25) is 0 Å². The van der Waals surface area contributed by atoms with Crippen molar-refractivity contribution in [2.24, 2.45) is 11.3 Å². The molecule has 3 rings (SSSR count). The van der Waals surface area contributed by atoms with Gasteiger partial charge in [0.25, 0.3) is 0 Å². The van der Waals surface area contributed by atoms with Crippen molar-refractivity contribution in [3.8, 4) is 0 Å². The quantitative estimate of drug-likeness (QED) is 0.788. The Hall–Kier alpha value is -0.0800. The van der Waals surface area contributed by atoms with E-state index in [-0.39, 0.29) is 0 Å². The molecule has 1 aliphatic carbocycles. The Morgan fingerprint density at radius 3 is 2.81 bits per heavy atom. The van der Waals surface area contributed by atoms with Gasteiger partial charge in [0.1, 0.15) is 0 Å². The smallest absolute Gasteiger partial charge is 0.00502 e. The van der Waals surface area contributed by atoms with Gasteiger partial charge in [0.05, 0.1) is 0 Å². The molecule has 0 amide bonds. The maximum Gasteiger partial charge on any atom is 0.00502 e. The van der Waals surface area contributed by atoms with Gasteiger partial charge in [-0.1, -0.05) is 12.8 Å². The number of rotatable bonds is 3. The van der Waals surface area contributed by atoms with Gasteiger partial charge < -0.3 is 10.2 Å². The molecule has 0 aromatic carbocycles. The lowest BCUT2D eigenvalue weighted by Crippen LogP contribution is -2.51. The number of nitrogens with zero attached hydrogens (tertiary/aromatic N) is 1. The van der Waals surface area contributed by atoms with Crippen LogP contribution < -0.4 is 5.32 Å². The Kier molecular flexibility index (Phi) is 3.21. The van der Waals surface area contributed by atoms with E-state index >= 15 is 0 Å². The standard InChI is InChI=1S/C14H26N2/c1-6-14(11-15-8-1)7-2-9-16(12-14)10-5-13-3-4-13/h13,15H,1-12H2. The van der Waals surface area contributed by atoms with E-state index in [0.29, 0.717) is 5.41 Å². The number of piperidine rings is 2. The third kappa shape index (κ3) is 2.60. The minimum Gasteiger partial charge on any atom is -0.316 e. The molecule has 1 saturated carbocycles. The third-order valence-corrected chi connectivity index (χ3v) is 4.85. The van der Waals surface area contributed by atoms with E-state index in [1.807, 2.05) is 0 Å². The van der Waals surface area contributed by atoms with Gasteiger partial charge >= 0.3 is 0 Å². The molecule has 2 heterocycles. The molecule has 92 valence electrons. The third-order valence-electron chi connectivity index (χ3n) is 4.85. The maximum absolute atomic E-state index is 3.62. The van der Waals surface area contributed by atoms with Crippen LogP contribution in [-0.2, 0) is 0 Å². The summed E-state index contributed by atoms with van der Waals surface area (Å²) in [4.78, 5) is 2.76. The minimum atomic E-state index is 0.653. The molecular formula is C14H26N2. The van der Waals surface area contributed by atoms with Gasteiger partial charge in [-0.05, 0) is 63.1 Å². The molecule has 1 unspecified atom stereocenters. The largest absolute Gasteiger partial charge is 0.316 e. The molecule has 1 N–H and O–H groups in total. The fourth-order valence-electron chi connectivity index (χ4n) is 3.65. The molecule has 0 aromatic heterocycles. The Balaban J connectivity index is 1.51. The molecule has 1 atom stereocenters. The molecule has 2 heteroatoms. The second-order valence-electron chi connectivity index (χ2n) is 6.39. The topological polar surface area (TPSA) is 15.3 Å². The monoisotopic (exact) mass is 222 g/mol. The highest BCUT2D eigenvalue weighted by Gasteiger charge is 2.36. The van der Waals surface area contributed by atoms with Crippen LogP contribution in [0.4, 0.5) is 0 Å². The summed E-state index contributed by atoms with van der Waals surface area (Å²) in [5.41, 5.74) is 0.653. The van der Waals surface area contributed by atoms with E-state index in [2.05, 4.69) is 10.2 Å². The molecule has 0 aromatic rings. The average molecular weight is 222 g/mol. The Morgan fingerprint density at radius 2 is 2.06 bits per heavy atom. The second kappa shape index (κ2) is 4.66. The van der Waals surface area contributed by atoms with Crippen molar-refractivity contribution in [2.45, 2.75) is 44.9 Å². The fraction of sp³-hybridized carbons (Fsp3) is 1.00. The van der Waals surface area contributed by atoms with E-state index in [1.165, 1.54) is 77.7 Å². The van der Waals surface area contributed by atoms with Crippen LogP contribution in [0.2, 0.25) is 0 Å². The second-order valence-corrected chi connectivity index (χ2v) is 6.39. The molecule has 16 heavy (non-hydrogen) atoms. The molecule has 2 saturated heterocycles. The van der Waals surface area contributed by atoms with Gasteiger partial charge in [-0.2, -0.15) is 0 Å². The number of nitrogens with one attached hydrogen (secondary N) is 1. The first-order valence-electron chi connectivity index (χ1n) is 7.29. The van der Waals surface area contributed by atoms with Gasteiger partial charge in [-0.15, -0.1) is 0 Å². The summed E-state index contributed by atoms with van der Waals surface area (Å²) in [6.07, 6.45) is 10.3. The van der Waals surface area contributed by atoms with Crippen molar-refractivity contribution in [1.82, 2.24) is 10.2 Å². The lowest BCUT2D eigenvalue weighted by atomic mass is 9.74. The highest BCUT2D eigenvalue weighted by molar-refractivity contribution is 4.91. The van der Waals surface area contributed by atoms with Crippen LogP contribution in [0, 0.1) is 11.3 Å². The van der Waals surface area contributed by atoms with Crippen LogP contribution in [-0.4, -0.2) is 37.6 Å². The molecule has 3 fully saturated rings. The zero-order valence-corrected chi connectivity index (χ0v) is 10.5. The van der Waals surface area contributed by atoms with E-state index in [4.69, 9.17) is 0 Å². The molecular weight excluding hydrogens is 196 g/mol.